The lowest BCUT2D eigenvalue weighted by Crippen LogP contribution is -2.25. The van der Waals surface area contributed by atoms with E-state index in [9.17, 15) is 5.11 Å². The average molecular weight is 379 g/mol. The molecule has 148 valence electrons. The van der Waals surface area contributed by atoms with E-state index in [0.29, 0.717) is 12.5 Å². The van der Waals surface area contributed by atoms with E-state index in [1.165, 1.54) is 43.2 Å². The van der Waals surface area contributed by atoms with Crippen molar-refractivity contribution >= 4 is 11.0 Å². The van der Waals surface area contributed by atoms with Crippen molar-refractivity contribution in [3.8, 4) is 5.75 Å². The normalized spacial score (nSPS) is 16.4. The van der Waals surface area contributed by atoms with E-state index in [1.54, 1.807) is 0 Å². The third-order valence-electron chi connectivity index (χ3n) is 5.69. The first kappa shape index (κ1) is 19.0. The van der Waals surface area contributed by atoms with Crippen molar-refractivity contribution in [2.75, 3.05) is 6.61 Å². The number of aliphatic hydroxyl groups excluding tert-OH is 1. The minimum absolute atomic E-state index is 0.277. The molecule has 1 saturated carbocycles. The highest BCUT2D eigenvalue weighted by Crippen LogP contribution is 2.34. The number of aliphatic hydroxyl groups is 1. The van der Waals surface area contributed by atoms with Gasteiger partial charge in [-0.3, -0.25) is 0 Å². The predicted molar refractivity (Wildman–Crippen MR) is 113 cm³/mol. The maximum atomic E-state index is 10.7. The lowest BCUT2D eigenvalue weighted by molar-refractivity contribution is 0.0921. The fourth-order valence-corrected chi connectivity index (χ4v) is 4.43. The van der Waals surface area contributed by atoms with E-state index in [0.717, 1.165) is 22.6 Å². The Hall–Kier alpha value is -2.33. The summed E-state index contributed by atoms with van der Waals surface area (Å²) in [5.74, 6) is 2.44. The molecule has 4 nitrogen and oxygen atoms in total. The van der Waals surface area contributed by atoms with Gasteiger partial charge in [-0.05, 0) is 62.1 Å². The Morgan fingerprint density at radius 1 is 1.07 bits per heavy atom. The third kappa shape index (κ3) is 4.22. The van der Waals surface area contributed by atoms with Gasteiger partial charge < -0.3 is 14.4 Å². The van der Waals surface area contributed by atoms with Gasteiger partial charge in [0.25, 0.3) is 0 Å². The van der Waals surface area contributed by atoms with Crippen molar-refractivity contribution in [1.82, 2.24) is 9.55 Å². The van der Waals surface area contributed by atoms with E-state index in [2.05, 4.69) is 36.6 Å². The molecule has 1 atom stereocenters. The van der Waals surface area contributed by atoms with Gasteiger partial charge in [-0.15, -0.1) is 0 Å². The summed E-state index contributed by atoms with van der Waals surface area (Å²) >= 11 is 0. The molecule has 0 bridgehead atoms. The Bertz CT molecular complexity index is 921. The van der Waals surface area contributed by atoms with E-state index in [-0.39, 0.29) is 6.61 Å². The van der Waals surface area contributed by atoms with Gasteiger partial charge in [0.15, 0.2) is 0 Å². The molecule has 1 aromatic heterocycles. The number of aryl methyl sites for hydroxylation is 2. The zero-order valence-electron chi connectivity index (χ0n) is 16.9. The number of hydrogen-bond donors (Lipinski definition) is 1. The number of fused-ring (bicyclic) bond motifs is 1. The van der Waals surface area contributed by atoms with Crippen molar-refractivity contribution in [3.63, 3.8) is 0 Å². The summed E-state index contributed by atoms with van der Waals surface area (Å²) in [5, 5.41) is 10.7. The van der Waals surface area contributed by atoms with Crippen LogP contribution in [-0.4, -0.2) is 27.4 Å². The number of nitrogens with zero attached hydrogens (tertiary/aromatic N) is 2. The fraction of sp³-hybridized carbons (Fsp3) is 0.458. The monoisotopic (exact) mass is 378 g/mol. The van der Waals surface area contributed by atoms with Crippen molar-refractivity contribution in [3.05, 3.63) is 59.4 Å². The van der Waals surface area contributed by atoms with Crippen LogP contribution in [0.5, 0.6) is 5.75 Å². The first-order chi connectivity index (χ1) is 13.6. The summed E-state index contributed by atoms with van der Waals surface area (Å²) < 4.78 is 8.11. The van der Waals surface area contributed by atoms with Crippen molar-refractivity contribution in [2.24, 2.45) is 0 Å². The van der Waals surface area contributed by atoms with Gasteiger partial charge >= 0.3 is 0 Å². The standard InChI is InChI=1S/C24H30N2O2/c1-17-12-18(2)14-21(13-17)28-16-20(27)15-26-23-11-7-6-10-22(23)25-24(26)19-8-4-3-5-9-19/h6-7,10-14,19-20,27H,3-5,8-9,15-16H2,1-2H3/t20-/m0/s1. The zero-order chi connectivity index (χ0) is 19.5. The molecule has 3 aromatic rings. The molecular formula is C24H30N2O2. The van der Waals surface area contributed by atoms with Gasteiger partial charge in [-0.2, -0.15) is 0 Å². The Morgan fingerprint density at radius 3 is 2.54 bits per heavy atom. The lowest BCUT2D eigenvalue weighted by Gasteiger charge is -2.23. The highest BCUT2D eigenvalue weighted by atomic mass is 16.5. The summed E-state index contributed by atoms with van der Waals surface area (Å²) in [6, 6.07) is 14.4. The number of benzene rings is 2. The average Bonchev–Trinajstić information content (AvgIpc) is 3.05. The van der Waals surface area contributed by atoms with Crippen LogP contribution in [0.25, 0.3) is 11.0 Å². The molecule has 4 rings (SSSR count). The zero-order valence-corrected chi connectivity index (χ0v) is 16.9. The second kappa shape index (κ2) is 8.36. The van der Waals surface area contributed by atoms with E-state index < -0.39 is 6.10 Å². The van der Waals surface area contributed by atoms with Gasteiger partial charge in [0.2, 0.25) is 0 Å². The van der Waals surface area contributed by atoms with Crippen LogP contribution >= 0.6 is 0 Å². The van der Waals surface area contributed by atoms with Crippen LogP contribution in [0, 0.1) is 13.8 Å². The quantitative estimate of drug-likeness (QED) is 0.646. The maximum Gasteiger partial charge on any atom is 0.119 e. The van der Waals surface area contributed by atoms with Gasteiger partial charge in [0, 0.05) is 5.92 Å². The minimum atomic E-state index is -0.583. The van der Waals surface area contributed by atoms with Gasteiger partial charge in [0.05, 0.1) is 17.6 Å². The highest BCUT2D eigenvalue weighted by molar-refractivity contribution is 5.76. The maximum absolute atomic E-state index is 10.7. The molecule has 2 aromatic carbocycles. The Morgan fingerprint density at radius 2 is 1.79 bits per heavy atom. The molecule has 0 radical (unpaired) electrons. The molecule has 0 amide bonds. The molecule has 0 unspecified atom stereocenters. The van der Waals surface area contributed by atoms with Crippen LogP contribution in [0.3, 0.4) is 0 Å². The molecule has 1 aliphatic rings. The Labute approximate surface area is 167 Å². The molecule has 1 N–H and O–H groups in total. The highest BCUT2D eigenvalue weighted by Gasteiger charge is 2.23. The number of hydrogen-bond acceptors (Lipinski definition) is 3. The molecule has 0 spiro atoms. The van der Waals surface area contributed by atoms with E-state index >= 15 is 0 Å². The minimum Gasteiger partial charge on any atom is -0.491 e. The number of imidazole rings is 1. The molecule has 0 aliphatic heterocycles. The lowest BCUT2D eigenvalue weighted by atomic mass is 9.88. The molecule has 0 saturated heterocycles. The fourth-order valence-electron chi connectivity index (χ4n) is 4.43. The predicted octanol–water partition coefficient (Wildman–Crippen LogP) is 5.14. The SMILES string of the molecule is Cc1cc(C)cc(OC[C@@H](O)Cn2c(C3CCCCC3)nc3ccccc32)c1. The van der Waals surface area contributed by atoms with Crippen LogP contribution in [0.4, 0.5) is 0 Å². The van der Waals surface area contributed by atoms with Gasteiger partial charge in [-0.25, -0.2) is 4.98 Å². The smallest absolute Gasteiger partial charge is 0.119 e. The number of aromatic nitrogens is 2. The van der Waals surface area contributed by atoms with Crippen molar-refractivity contribution in [1.29, 1.82) is 0 Å². The van der Waals surface area contributed by atoms with Crippen LogP contribution in [0.2, 0.25) is 0 Å². The van der Waals surface area contributed by atoms with Crippen molar-refractivity contribution < 1.29 is 9.84 Å². The summed E-state index contributed by atoms with van der Waals surface area (Å²) in [5.41, 5.74) is 4.47. The summed E-state index contributed by atoms with van der Waals surface area (Å²) in [7, 11) is 0. The summed E-state index contributed by atoms with van der Waals surface area (Å²) in [6.07, 6.45) is 5.67. The molecule has 4 heteroatoms. The number of para-hydroxylation sites is 2. The number of rotatable bonds is 6. The van der Waals surface area contributed by atoms with Crippen LogP contribution < -0.4 is 4.74 Å². The Kier molecular flexibility index (Phi) is 5.67. The summed E-state index contributed by atoms with van der Waals surface area (Å²) in [4.78, 5) is 4.94. The summed E-state index contributed by atoms with van der Waals surface area (Å²) in [6.45, 7) is 4.91. The largest absolute Gasteiger partial charge is 0.491 e. The number of ether oxygens (including phenoxy) is 1. The second-order valence-corrected chi connectivity index (χ2v) is 8.19. The van der Waals surface area contributed by atoms with Crippen LogP contribution in [-0.2, 0) is 6.54 Å². The molecule has 1 aliphatic carbocycles. The first-order valence-corrected chi connectivity index (χ1v) is 10.4. The van der Waals surface area contributed by atoms with E-state index in [1.807, 2.05) is 24.3 Å². The first-order valence-electron chi connectivity index (χ1n) is 10.4. The molecule has 1 heterocycles. The van der Waals surface area contributed by atoms with Crippen LogP contribution in [0.15, 0.2) is 42.5 Å². The topological polar surface area (TPSA) is 47.3 Å². The van der Waals surface area contributed by atoms with Gasteiger partial charge in [0.1, 0.15) is 24.3 Å². The van der Waals surface area contributed by atoms with Crippen LogP contribution in [0.1, 0.15) is 55.0 Å². The van der Waals surface area contributed by atoms with Gasteiger partial charge in [-0.1, -0.05) is 37.5 Å². The molecule has 1 fully saturated rings. The molecular weight excluding hydrogens is 348 g/mol. The third-order valence-corrected chi connectivity index (χ3v) is 5.69. The van der Waals surface area contributed by atoms with Crippen molar-refractivity contribution in [2.45, 2.75) is 64.5 Å². The van der Waals surface area contributed by atoms with E-state index in [4.69, 9.17) is 9.72 Å². The second-order valence-electron chi connectivity index (χ2n) is 8.19. The Balaban J connectivity index is 1.52. The molecule has 28 heavy (non-hydrogen) atoms.